The molecule has 1 aromatic rings. The van der Waals surface area contributed by atoms with Gasteiger partial charge in [-0.25, -0.2) is 4.79 Å². The van der Waals surface area contributed by atoms with E-state index in [0.29, 0.717) is 0 Å². The summed E-state index contributed by atoms with van der Waals surface area (Å²) in [7, 11) is 1.63. The van der Waals surface area contributed by atoms with Gasteiger partial charge >= 0.3 is 5.97 Å². The minimum atomic E-state index is -1.10. The lowest BCUT2D eigenvalue weighted by atomic mass is 10.0. The van der Waals surface area contributed by atoms with E-state index in [1.165, 1.54) is 5.06 Å². The Morgan fingerprint density at radius 3 is 2.50 bits per heavy atom. The van der Waals surface area contributed by atoms with Gasteiger partial charge in [0.05, 0.1) is 0 Å². The van der Waals surface area contributed by atoms with Crippen LogP contribution in [0.1, 0.15) is 11.6 Å². The number of rotatable bonds is 1. The van der Waals surface area contributed by atoms with E-state index < -0.39 is 18.1 Å². The van der Waals surface area contributed by atoms with Gasteiger partial charge in [-0.2, -0.15) is 0 Å². The summed E-state index contributed by atoms with van der Waals surface area (Å²) in [6.45, 7) is 0. The predicted molar refractivity (Wildman–Crippen MR) is 49.0 cm³/mol. The molecule has 1 N–H and O–H groups in total. The van der Waals surface area contributed by atoms with Crippen LogP contribution in [0.5, 0.6) is 0 Å². The molecule has 4 nitrogen and oxygen atoms in total. The molecular weight excluding hydrogens is 182 g/mol. The number of aliphatic hydroxyl groups excluding tert-OH is 1. The topological polar surface area (TPSA) is 49.8 Å². The molecule has 0 aliphatic carbocycles. The van der Waals surface area contributed by atoms with Gasteiger partial charge in [0.25, 0.3) is 0 Å². The predicted octanol–water partition coefficient (Wildman–Crippen LogP) is 0.492. The number of aliphatic hydroxyl groups is 1. The Balaban J connectivity index is 2.31. The number of nitrogens with zero attached hydrogens (tertiary/aromatic N) is 1. The van der Waals surface area contributed by atoms with Gasteiger partial charge in [-0.15, -0.1) is 5.06 Å². The summed E-state index contributed by atoms with van der Waals surface area (Å²) >= 11 is 0. The summed E-state index contributed by atoms with van der Waals surface area (Å²) in [5.41, 5.74) is 0.869. The molecule has 2 atom stereocenters. The zero-order valence-electron chi connectivity index (χ0n) is 7.75. The number of hydrogen-bond acceptors (Lipinski definition) is 4. The fourth-order valence-corrected chi connectivity index (χ4v) is 1.62. The molecule has 4 heteroatoms. The molecule has 0 spiro atoms. The fourth-order valence-electron chi connectivity index (χ4n) is 1.62. The molecule has 0 amide bonds. The van der Waals surface area contributed by atoms with E-state index >= 15 is 0 Å². The zero-order chi connectivity index (χ0) is 10.1. The monoisotopic (exact) mass is 193 g/mol. The van der Waals surface area contributed by atoms with E-state index in [1.54, 1.807) is 7.05 Å². The molecule has 1 saturated heterocycles. The standard InChI is InChI=1S/C10H11NO3/c1-11-8(9(12)10(13)14-11)7-5-3-2-4-6-7/h2-6,8-9,12H,1H3. The SMILES string of the molecule is CN1OC(=O)C(O)C1c1ccccc1. The first-order valence-corrected chi connectivity index (χ1v) is 4.38. The molecule has 2 rings (SSSR count). The first-order chi connectivity index (χ1) is 6.70. The molecule has 0 aromatic heterocycles. The summed E-state index contributed by atoms with van der Waals surface area (Å²) in [4.78, 5) is 15.8. The third-order valence-electron chi connectivity index (χ3n) is 2.31. The van der Waals surface area contributed by atoms with Crippen molar-refractivity contribution in [3.63, 3.8) is 0 Å². The van der Waals surface area contributed by atoms with E-state index in [1.807, 2.05) is 30.3 Å². The third kappa shape index (κ3) is 1.38. The van der Waals surface area contributed by atoms with Crippen molar-refractivity contribution in [2.24, 2.45) is 0 Å². The largest absolute Gasteiger partial charge is 0.379 e. The highest BCUT2D eigenvalue weighted by atomic mass is 16.7. The molecule has 1 heterocycles. The molecule has 2 unspecified atom stereocenters. The number of carbonyl (C=O) groups is 1. The number of hydrogen-bond donors (Lipinski definition) is 1. The van der Waals surface area contributed by atoms with Gasteiger partial charge in [-0.1, -0.05) is 30.3 Å². The number of benzene rings is 1. The number of likely N-dealkylation sites (N-methyl/N-ethyl adjacent to an activating group) is 1. The van der Waals surface area contributed by atoms with E-state index in [4.69, 9.17) is 4.84 Å². The van der Waals surface area contributed by atoms with Gasteiger partial charge in [0.1, 0.15) is 6.04 Å². The minimum Gasteiger partial charge on any atom is -0.379 e. The van der Waals surface area contributed by atoms with Crippen LogP contribution in [-0.4, -0.2) is 29.3 Å². The van der Waals surface area contributed by atoms with Crippen molar-refractivity contribution in [3.8, 4) is 0 Å². The maximum absolute atomic E-state index is 11.1. The fraction of sp³-hybridized carbons (Fsp3) is 0.300. The molecule has 1 aliphatic heterocycles. The summed E-state index contributed by atoms with van der Waals surface area (Å²) in [6, 6.07) is 8.91. The average molecular weight is 193 g/mol. The van der Waals surface area contributed by atoms with Gasteiger partial charge in [0, 0.05) is 7.05 Å². The lowest BCUT2D eigenvalue weighted by molar-refractivity contribution is -0.170. The Bertz CT molecular complexity index is 338. The Kier molecular flexibility index (Phi) is 2.23. The van der Waals surface area contributed by atoms with Gasteiger partial charge in [0.15, 0.2) is 6.10 Å². The molecule has 0 radical (unpaired) electrons. The minimum absolute atomic E-state index is 0.399. The molecule has 1 aromatic carbocycles. The molecule has 74 valence electrons. The van der Waals surface area contributed by atoms with Crippen LogP contribution in [0.15, 0.2) is 30.3 Å². The first kappa shape index (κ1) is 9.18. The highest BCUT2D eigenvalue weighted by Gasteiger charge is 2.41. The van der Waals surface area contributed by atoms with Gasteiger partial charge in [-0.3, -0.25) is 0 Å². The summed E-state index contributed by atoms with van der Waals surface area (Å²) in [5.74, 6) is -0.596. The lowest BCUT2D eigenvalue weighted by Gasteiger charge is -2.17. The van der Waals surface area contributed by atoms with Crippen molar-refractivity contribution in [1.82, 2.24) is 5.06 Å². The maximum Gasteiger partial charge on any atom is 0.355 e. The van der Waals surface area contributed by atoms with Crippen molar-refractivity contribution >= 4 is 5.97 Å². The normalized spacial score (nSPS) is 27.7. The lowest BCUT2D eigenvalue weighted by Crippen LogP contribution is -2.24. The first-order valence-electron chi connectivity index (χ1n) is 4.38. The van der Waals surface area contributed by atoms with Crippen LogP contribution >= 0.6 is 0 Å². The summed E-state index contributed by atoms with van der Waals surface area (Å²) < 4.78 is 0. The maximum atomic E-state index is 11.1. The summed E-state index contributed by atoms with van der Waals surface area (Å²) in [5, 5.41) is 10.9. The van der Waals surface area contributed by atoms with Crippen molar-refractivity contribution < 1.29 is 14.7 Å². The van der Waals surface area contributed by atoms with Crippen LogP contribution in [0.25, 0.3) is 0 Å². The van der Waals surface area contributed by atoms with Gasteiger partial charge in [-0.05, 0) is 5.56 Å². The molecule has 1 fully saturated rings. The highest BCUT2D eigenvalue weighted by molar-refractivity contribution is 5.77. The van der Waals surface area contributed by atoms with Crippen LogP contribution < -0.4 is 0 Å². The number of carbonyl (C=O) groups excluding carboxylic acids is 1. The second-order valence-corrected chi connectivity index (χ2v) is 3.26. The van der Waals surface area contributed by atoms with Crippen LogP contribution in [0.3, 0.4) is 0 Å². The second kappa shape index (κ2) is 3.40. The van der Waals surface area contributed by atoms with Crippen molar-refractivity contribution in [2.75, 3.05) is 7.05 Å². The van der Waals surface area contributed by atoms with Gasteiger partial charge in [0.2, 0.25) is 0 Å². The molecule has 0 saturated carbocycles. The highest BCUT2D eigenvalue weighted by Crippen LogP contribution is 2.29. The Morgan fingerprint density at radius 1 is 1.36 bits per heavy atom. The van der Waals surface area contributed by atoms with Crippen LogP contribution in [0.4, 0.5) is 0 Å². The van der Waals surface area contributed by atoms with Gasteiger partial charge < -0.3 is 9.94 Å². The molecule has 1 aliphatic rings. The van der Waals surface area contributed by atoms with Crippen LogP contribution in [0.2, 0.25) is 0 Å². The second-order valence-electron chi connectivity index (χ2n) is 3.26. The molecule has 0 bridgehead atoms. The zero-order valence-corrected chi connectivity index (χ0v) is 7.75. The van der Waals surface area contributed by atoms with E-state index in [9.17, 15) is 9.90 Å². The smallest absolute Gasteiger partial charge is 0.355 e. The van der Waals surface area contributed by atoms with Crippen molar-refractivity contribution in [3.05, 3.63) is 35.9 Å². The Morgan fingerprint density at radius 2 is 2.00 bits per heavy atom. The van der Waals surface area contributed by atoms with E-state index in [2.05, 4.69) is 0 Å². The Hall–Kier alpha value is -1.39. The van der Waals surface area contributed by atoms with Crippen molar-refractivity contribution in [1.29, 1.82) is 0 Å². The van der Waals surface area contributed by atoms with E-state index in [-0.39, 0.29) is 0 Å². The quantitative estimate of drug-likeness (QED) is 0.705. The molecule has 14 heavy (non-hydrogen) atoms. The average Bonchev–Trinajstić information content (AvgIpc) is 2.43. The molecular formula is C10H11NO3. The Labute approximate surface area is 81.7 Å². The van der Waals surface area contributed by atoms with Crippen LogP contribution in [-0.2, 0) is 9.63 Å². The van der Waals surface area contributed by atoms with Crippen molar-refractivity contribution in [2.45, 2.75) is 12.1 Å². The third-order valence-corrected chi connectivity index (χ3v) is 2.31. The number of hydroxylamine groups is 2. The van der Waals surface area contributed by atoms with Crippen LogP contribution in [0, 0.1) is 0 Å². The summed E-state index contributed by atoms with van der Waals surface area (Å²) in [6.07, 6.45) is -1.10. The van der Waals surface area contributed by atoms with E-state index in [0.717, 1.165) is 5.56 Å².